The number of piperidine rings is 1. The Balaban J connectivity index is 1.34. The highest BCUT2D eigenvalue weighted by atomic mass is 16.5. The molecule has 4 heteroatoms. The van der Waals surface area contributed by atoms with Crippen molar-refractivity contribution in [2.75, 3.05) is 59.0 Å². The molecule has 0 radical (unpaired) electrons. The summed E-state index contributed by atoms with van der Waals surface area (Å²) in [4.78, 5) is 5.31. The van der Waals surface area contributed by atoms with Gasteiger partial charge < -0.3 is 19.9 Å². The summed E-state index contributed by atoms with van der Waals surface area (Å²) in [6.07, 6.45) is 5.63. The number of hydrogen-bond acceptors (Lipinski definition) is 4. The molecule has 3 heterocycles. The fourth-order valence-corrected chi connectivity index (χ4v) is 3.73. The van der Waals surface area contributed by atoms with E-state index in [0.717, 1.165) is 25.7 Å². The van der Waals surface area contributed by atoms with E-state index < -0.39 is 0 Å². The van der Waals surface area contributed by atoms with Gasteiger partial charge in [0.05, 0.1) is 13.2 Å². The number of nitrogens with zero attached hydrogens (tertiary/aromatic N) is 2. The molecular formula is C15H29N3O. The number of hydrogen-bond donors (Lipinski definition) is 1. The summed E-state index contributed by atoms with van der Waals surface area (Å²) in [6.45, 7) is 10.6. The Labute approximate surface area is 117 Å². The van der Waals surface area contributed by atoms with Crippen molar-refractivity contribution in [3.8, 4) is 0 Å². The van der Waals surface area contributed by atoms with E-state index in [2.05, 4.69) is 15.1 Å². The van der Waals surface area contributed by atoms with Crippen LogP contribution in [0, 0.1) is 5.92 Å². The molecule has 0 aromatic rings. The van der Waals surface area contributed by atoms with Crippen LogP contribution in [0.4, 0.5) is 0 Å². The molecule has 0 bridgehead atoms. The molecule has 0 spiro atoms. The molecule has 0 saturated carbocycles. The molecule has 19 heavy (non-hydrogen) atoms. The molecule has 3 saturated heterocycles. The van der Waals surface area contributed by atoms with E-state index in [1.807, 2.05) is 0 Å². The molecule has 1 N–H and O–H groups in total. The first-order valence-electron chi connectivity index (χ1n) is 8.16. The van der Waals surface area contributed by atoms with Crippen LogP contribution in [0.5, 0.6) is 0 Å². The third-order valence-electron chi connectivity index (χ3n) is 4.90. The average Bonchev–Trinajstić information content (AvgIpc) is 2.95. The summed E-state index contributed by atoms with van der Waals surface area (Å²) >= 11 is 0. The first kappa shape index (κ1) is 13.8. The summed E-state index contributed by atoms with van der Waals surface area (Å²) < 4.78 is 5.54. The molecule has 0 amide bonds. The van der Waals surface area contributed by atoms with E-state index >= 15 is 0 Å². The summed E-state index contributed by atoms with van der Waals surface area (Å²) in [5.74, 6) is 0.949. The van der Waals surface area contributed by atoms with Crippen LogP contribution in [0.25, 0.3) is 0 Å². The van der Waals surface area contributed by atoms with Gasteiger partial charge in [0, 0.05) is 25.7 Å². The van der Waals surface area contributed by atoms with E-state index in [4.69, 9.17) is 4.74 Å². The van der Waals surface area contributed by atoms with Gasteiger partial charge in [0.25, 0.3) is 0 Å². The van der Waals surface area contributed by atoms with Crippen LogP contribution >= 0.6 is 0 Å². The van der Waals surface area contributed by atoms with E-state index in [0.29, 0.717) is 6.04 Å². The molecule has 3 aliphatic rings. The van der Waals surface area contributed by atoms with Gasteiger partial charge in [-0.3, -0.25) is 0 Å². The summed E-state index contributed by atoms with van der Waals surface area (Å²) in [5.41, 5.74) is 0. The van der Waals surface area contributed by atoms with Crippen LogP contribution in [-0.4, -0.2) is 74.9 Å². The quantitative estimate of drug-likeness (QED) is 0.815. The Morgan fingerprint density at radius 3 is 2.37 bits per heavy atom. The standard InChI is InChI=1S/C15H29N3O/c1-2-7-17(6-1)11-14-3-8-18(9-4-14)12-15-13-19-10-5-16-15/h14-16H,1-13H2. The van der Waals surface area contributed by atoms with Crippen LogP contribution < -0.4 is 5.32 Å². The second kappa shape index (κ2) is 7.02. The van der Waals surface area contributed by atoms with Gasteiger partial charge in [-0.25, -0.2) is 0 Å². The van der Waals surface area contributed by atoms with Crippen molar-refractivity contribution >= 4 is 0 Å². The summed E-state index contributed by atoms with van der Waals surface area (Å²) in [5, 5.41) is 3.56. The van der Waals surface area contributed by atoms with E-state index in [1.54, 1.807) is 0 Å². The predicted molar refractivity (Wildman–Crippen MR) is 77.4 cm³/mol. The fourth-order valence-electron chi connectivity index (χ4n) is 3.73. The molecule has 4 nitrogen and oxygen atoms in total. The normalized spacial score (nSPS) is 31.9. The van der Waals surface area contributed by atoms with Crippen molar-refractivity contribution in [3.63, 3.8) is 0 Å². The SMILES string of the molecule is C1CCN(CC2CCN(CC3COCCN3)CC2)C1. The zero-order valence-electron chi connectivity index (χ0n) is 12.1. The maximum absolute atomic E-state index is 5.54. The Hall–Kier alpha value is -0.160. The van der Waals surface area contributed by atoms with Gasteiger partial charge in [-0.2, -0.15) is 0 Å². The Morgan fingerprint density at radius 1 is 0.947 bits per heavy atom. The Bertz CT molecular complexity index is 254. The van der Waals surface area contributed by atoms with Gasteiger partial charge in [-0.05, 0) is 57.8 Å². The number of ether oxygens (including phenoxy) is 1. The van der Waals surface area contributed by atoms with E-state index in [9.17, 15) is 0 Å². The van der Waals surface area contributed by atoms with Crippen molar-refractivity contribution in [3.05, 3.63) is 0 Å². The highest BCUT2D eigenvalue weighted by Crippen LogP contribution is 2.20. The molecule has 3 fully saturated rings. The van der Waals surface area contributed by atoms with Crippen molar-refractivity contribution in [2.24, 2.45) is 5.92 Å². The molecule has 110 valence electrons. The van der Waals surface area contributed by atoms with Gasteiger partial charge in [-0.1, -0.05) is 0 Å². The average molecular weight is 267 g/mol. The first-order valence-corrected chi connectivity index (χ1v) is 8.16. The highest BCUT2D eigenvalue weighted by molar-refractivity contribution is 4.81. The van der Waals surface area contributed by atoms with Crippen molar-refractivity contribution in [1.29, 1.82) is 0 Å². The number of nitrogens with one attached hydrogen (secondary N) is 1. The van der Waals surface area contributed by atoms with E-state index in [-0.39, 0.29) is 0 Å². The van der Waals surface area contributed by atoms with Crippen molar-refractivity contribution in [1.82, 2.24) is 15.1 Å². The Kier molecular flexibility index (Phi) is 5.10. The predicted octanol–water partition coefficient (Wildman–Crippen LogP) is 0.783. The molecule has 0 aromatic carbocycles. The van der Waals surface area contributed by atoms with Crippen LogP contribution in [0.2, 0.25) is 0 Å². The van der Waals surface area contributed by atoms with Gasteiger partial charge in [0.15, 0.2) is 0 Å². The van der Waals surface area contributed by atoms with Crippen LogP contribution in [0.15, 0.2) is 0 Å². The lowest BCUT2D eigenvalue weighted by atomic mass is 9.96. The molecule has 0 aliphatic carbocycles. The minimum absolute atomic E-state index is 0.559. The smallest absolute Gasteiger partial charge is 0.0632 e. The summed E-state index contributed by atoms with van der Waals surface area (Å²) in [6, 6.07) is 0.559. The minimum atomic E-state index is 0.559. The summed E-state index contributed by atoms with van der Waals surface area (Å²) in [7, 11) is 0. The molecule has 3 rings (SSSR count). The zero-order valence-corrected chi connectivity index (χ0v) is 12.1. The van der Waals surface area contributed by atoms with Gasteiger partial charge in [0.1, 0.15) is 0 Å². The second-order valence-corrected chi connectivity index (χ2v) is 6.48. The Morgan fingerprint density at radius 2 is 1.68 bits per heavy atom. The van der Waals surface area contributed by atoms with Crippen LogP contribution in [-0.2, 0) is 4.74 Å². The number of rotatable bonds is 4. The molecule has 1 atom stereocenters. The second-order valence-electron chi connectivity index (χ2n) is 6.48. The number of likely N-dealkylation sites (tertiary alicyclic amines) is 2. The van der Waals surface area contributed by atoms with Crippen LogP contribution in [0.1, 0.15) is 25.7 Å². The third kappa shape index (κ3) is 4.15. The lowest BCUT2D eigenvalue weighted by molar-refractivity contribution is 0.0539. The maximum Gasteiger partial charge on any atom is 0.0632 e. The van der Waals surface area contributed by atoms with Gasteiger partial charge in [0.2, 0.25) is 0 Å². The lowest BCUT2D eigenvalue weighted by Crippen LogP contribution is -2.50. The topological polar surface area (TPSA) is 27.7 Å². The van der Waals surface area contributed by atoms with Crippen molar-refractivity contribution in [2.45, 2.75) is 31.7 Å². The monoisotopic (exact) mass is 267 g/mol. The number of morpholine rings is 1. The minimum Gasteiger partial charge on any atom is -0.378 e. The first-order chi connectivity index (χ1) is 9.40. The highest BCUT2D eigenvalue weighted by Gasteiger charge is 2.24. The van der Waals surface area contributed by atoms with Crippen LogP contribution in [0.3, 0.4) is 0 Å². The fraction of sp³-hybridized carbons (Fsp3) is 1.00. The maximum atomic E-state index is 5.54. The lowest BCUT2D eigenvalue weighted by Gasteiger charge is -2.36. The zero-order chi connectivity index (χ0) is 12.9. The molecular weight excluding hydrogens is 238 g/mol. The van der Waals surface area contributed by atoms with Gasteiger partial charge >= 0.3 is 0 Å². The molecule has 3 aliphatic heterocycles. The molecule has 0 aromatic heterocycles. The van der Waals surface area contributed by atoms with Gasteiger partial charge in [-0.15, -0.1) is 0 Å². The third-order valence-corrected chi connectivity index (χ3v) is 4.90. The van der Waals surface area contributed by atoms with E-state index in [1.165, 1.54) is 65.0 Å². The molecule has 1 unspecified atom stereocenters. The van der Waals surface area contributed by atoms with Crippen molar-refractivity contribution < 1.29 is 4.74 Å². The largest absolute Gasteiger partial charge is 0.378 e.